The monoisotopic (exact) mass is 224 g/mol. The van der Waals surface area contributed by atoms with E-state index in [0.29, 0.717) is 11.2 Å². The van der Waals surface area contributed by atoms with Gasteiger partial charge in [-0.3, -0.25) is 4.79 Å². The predicted molar refractivity (Wildman–Crippen MR) is 54.9 cm³/mol. The van der Waals surface area contributed by atoms with E-state index in [1.807, 2.05) is 0 Å². The van der Waals surface area contributed by atoms with Crippen molar-refractivity contribution in [2.24, 2.45) is 0 Å². The lowest BCUT2D eigenvalue weighted by Crippen LogP contribution is -2.25. The van der Waals surface area contributed by atoms with E-state index < -0.39 is 11.8 Å². The molecule has 0 atom stereocenters. The molecule has 1 N–H and O–H groups in total. The summed E-state index contributed by atoms with van der Waals surface area (Å²) in [6.45, 7) is -0.224. The fourth-order valence-corrected chi connectivity index (χ4v) is 1.47. The molecule has 0 radical (unpaired) electrons. The van der Waals surface area contributed by atoms with E-state index in [2.05, 4.69) is 5.16 Å². The number of fused-ring (bicyclic) bond motifs is 1. The van der Waals surface area contributed by atoms with Gasteiger partial charge in [0.25, 0.3) is 0 Å². The molecule has 5 nitrogen and oxygen atoms in total. The van der Waals surface area contributed by atoms with Crippen LogP contribution < -0.4 is 4.90 Å². The van der Waals surface area contributed by atoms with Crippen molar-refractivity contribution in [1.29, 1.82) is 0 Å². The largest absolute Gasteiger partial charge is 0.480 e. The quantitative estimate of drug-likeness (QED) is 0.855. The molecule has 0 aliphatic rings. The van der Waals surface area contributed by atoms with Crippen LogP contribution in [0.2, 0.25) is 0 Å². The van der Waals surface area contributed by atoms with Gasteiger partial charge < -0.3 is 14.5 Å². The summed E-state index contributed by atoms with van der Waals surface area (Å²) in [4.78, 5) is 11.9. The van der Waals surface area contributed by atoms with Crippen LogP contribution in [0.15, 0.2) is 22.7 Å². The molecule has 84 valence electrons. The summed E-state index contributed by atoms with van der Waals surface area (Å²) in [7, 11) is 1.55. The molecule has 1 aromatic carbocycles. The molecule has 1 aromatic heterocycles. The first-order valence-corrected chi connectivity index (χ1v) is 4.56. The fourth-order valence-electron chi connectivity index (χ4n) is 1.47. The fraction of sp³-hybridized carbons (Fsp3) is 0.200. The third-order valence-electron chi connectivity index (χ3n) is 2.17. The highest BCUT2D eigenvalue weighted by Crippen LogP contribution is 2.26. The Morgan fingerprint density at radius 3 is 3.06 bits per heavy atom. The highest BCUT2D eigenvalue weighted by molar-refractivity contribution is 5.90. The molecule has 0 aliphatic carbocycles. The van der Waals surface area contributed by atoms with Crippen LogP contribution in [0, 0.1) is 5.82 Å². The van der Waals surface area contributed by atoms with Crippen LogP contribution in [-0.2, 0) is 4.79 Å². The topological polar surface area (TPSA) is 66.6 Å². The number of carboxylic acids is 1. The highest BCUT2D eigenvalue weighted by atomic mass is 19.1. The van der Waals surface area contributed by atoms with Crippen LogP contribution in [0.3, 0.4) is 0 Å². The van der Waals surface area contributed by atoms with Crippen molar-refractivity contribution >= 4 is 22.8 Å². The Bertz CT molecular complexity index is 538. The average Bonchev–Trinajstić information content (AvgIpc) is 2.61. The summed E-state index contributed by atoms with van der Waals surface area (Å²) in [5, 5.41) is 12.8. The Labute approximate surface area is 90.1 Å². The Kier molecular flexibility index (Phi) is 2.47. The molecule has 2 rings (SSSR count). The zero-order valence-corrected chi connectivity index (χ0v) is 8.48. The third kappa shape index (κ3) is 1.69. The van der Waals surface area contributed by atoms with Crippen molar-refractivity contribution in [3.8, 4) is 0 Å². The molecule has 16 heavy (non-hydrogen) atoms. The van der Waals surface area contributed by atoms with E-state index in [1.165, 1.54) is 17.0 Å². The second-order valence-corrected chi connectivity index (χ2v) is 3.37. The van der Waals surface area contributed by atoms with Crippen LogP contribution in [0.5, 0.6) is 0 Å². The van der Waals surface area contributed by atoms with E-state index in [4.69, 9.17) is 9.63 Å². The molecule has 6 heteroatoms. The summed E-state index contributed by atoms with van der Waals surface area (Å²) < 4.78 is 18.1. The maximum atomic E-state index is 13.3. The molecule has 1 heterocycles. The Morgan fingerprint density at radius 1 is 1.62 bits per heavy atom. The van der Waals surface area contributed by atoms with Gasteiger partial charge in [0.05, 0.1) is 5.39 Å². The maximum absolute atomic E-state index is 13.3. The second-order valence-electron chi connectivity index (χ2n) is 3.37. The molecule has 0 unspecified atom stereocenters. The van der Waals surface area contributed by atoms with E-state index in [9.17, 15) is 9.18 Å². The van der Waals surface area contributed by atoms with Crippen molar-refractivity contribution in [3.05, 3.63) is 24.0 Å². The van der Waals surface area contributed by atoms with Gasteiger partial charge in [0.1, 0.15) is 6.54 Å². The minimum atomic E-state index is -0.991. The average molecular weight is 224 g/mol. The summed E-state index contributed by atoms with van der Waals surface area (Å²) in [6, 6.07) is 4.41. The molecule has 2 aromatic rings. The van der Waals surface area contributed by atoms with Crippen molar-refractivity contribution in [2.45, 2.75) is 0 Å². The number of aromatic nitrogens is 1. The van der Waals surface area contributed by atoms with Gasteiger partial charge in [0.15, 0.2) is 11.6 Å². The maximum Gasteiger partial charge on any atom is 0.323 e. The number of halogens is 1. The highest BCUT2D eigenvalue weighted by Gasteiger charge is 2.16. The Morgan fingerprint density at radius 2 is 2.38 bits per heavy atom. The number of carboxylic acid groups (broad SMARTS) is 1. The zero-order chi connectivity index (χ0) is 11.7. The summed E-state index contributed by atoms with van der Waals surface area (Å²) in [5.41, 5.74) is 0.0368. The minimum Gasteiger partial charge on any atom is -0.480 e. The second kappa shape index (κ2) is 3.80. The zero-order valence-electron chi connectivity index (χ0n) is 8.48. The van der Waals surface area contributed by atoms with Crippen molar-refractivity contribution < 1.29 is 18.8 Å². The molecule has 0 spiro atoms. The number of nitrogens with zero attached hydrogens (tertiary/aromatic N) is 2. The van der Waals surface area contributed by atoms with E-state index in [0.717, 1.165) is 0 Å². The Balaban J connectivity index is 2.46. The van der Waals surface area contributed by atoms with Gasteiger partial charge in [0, 0.05) is 7.05 Å². The number of likely N-dealkylation sites (N-methyl/N-ethyl adjacent to an activating group) is 1. The number of rotatable bonds is 3. The van der Waals surface area contributed by atoms with Gasteiger partial charge in [-0.1, -0.05) is 11.2 Å². The van der Waals surface area contributed by atoms with Crippen molar-refractivity contribution in [2.75, 3.05) is 18.5 Å². The van der Waals surface area contributed by atoms with Gasteiger partial charge >= 0.3 is 5.97 Å². The number of hydrogen-bond donors (Lipinski definition) is 1. The number of hydrogen-bond acceptors (Lipinski definition) is 4. The summed E-state index contributed by atoms with van der Waals surface area (Å²) in [5.74, 6) is -1.19. The lowest BCUT2D eigenvalue weighted by molar-refractivity contribution is -0.135. The van der Waals surface area contributed by atoms with Crippen LogP contribution in [-0.4, -0.2) is 29.8 Å². The van der Waals surface area contributed by atoms with Gasteiger partial charge in [-0.05, 0) is 12.1 Å². The first-order valence-electron chi connectivity index (χ1n) is 4.56. The van der Waals surface area contributed by atoms with Gasteiger partial charge in [-0.15, -0.1) is 0 Å². The third-order valence-corrected chi connectivity index (χ3v) is 2.17. The standard InChI is InChI=1S/C10H9FN2O3/c1-13(5-8(14)15)10-6-3-2-4-7(11)9(6)16-12-10/h2-4H,5H2,1H3,(H,14,15). The van der Waals surface area contributed by atoms with Crippen LogP contribution >= 0.6 is 0 Å². The van der Waals surface area contributed by atoms with Gasteiger partial charge in [-0.2, -0.15) is 0 Å². The van der Waals surface area contributed by atoms with Gasteiger partial charge in [0.2, 0.25) is 5.58 Å². The molecule has 0 amide bonds. The number of aliphatic carboxylic acids is 1. The molecule has 0 saturated carbocycles. The first kappa shape index (κ1) is 10.4. The molecule has 0 saturated heterocycles. The smallest absolute Gasteiger partial charge is 0.323 e. The van der Waals surface area contributed by atoms with E-state index in [1.54, 1.807) is 13.1 Å². The SMILES string of the molecule is CN(CC(=O)O)c1noc2c(F)cccc12. The lowest BCUT2D eigenvalue weighted by atomic mass is 10.2. The normalized spacial score (nSPS) is 10.6. The predicted octanol–water partition coefficient (Wildman–Crippen LogP) is 1.49. The minimum absolute atomic E-state index is 0.0368. The van der Waals surface area contributed by atoms with Crippen LogP contribution in [0.1, 0.15) is 0 Å². The molecule has 0 aliphatic heterocycles. The number of para-hydroxylation sites is 1. The molecular weight excluding hydrogens is 215 g/mol. The number of carbonyl (C=O) groups is 1. The summed E-state index contributed by atoms with van der Waals surface area (Å²) >= 11 is 0. The number of anilines is 1. The van der Waals surface area contributed by atoms with Gasteiger partial charge in [-0.25, -0.2) is 4.39 Å². The van der Waals surface area contributed by atoms with Crippen molar-refractivity contribution in [3.63, 3.8) is 0 Å². The molecule has 0 fully saturated rings. The number of benzene rings is 1. The lowest BCUT2D eigenvalue weighted by Gasteiger charge is -2.12. The van der Waals surface area contributed by atoms with Crippen LogP contribution in [0.4, 0.5) is 10.2 Å². The summed E-state index contributed by atoms with van der Waals surface area (Å²) in [6.07, 6.45) is 0. The molecule has 0 bridgehead atoms. The van der Waals surface area contributed by atoms with Crippen LogP contribution in [0.25, 0.3) is 11.0 Å². The molecular formula is C10H9FN2O3. The van der Waals surface area contributed by atoms with Crippen molar-refractivity contribution in [1.82, 2.24) is 5.16 Å². The van der Waals surface area contributed by atoms with E-state index in [-0.39, 0.29) is 12.1 Å². The first-order chi connectivity index (χ1) is 7.59. The Hall–Kier alpha value is -2.11. The van der Waals surface area contributed by atoms with E-state index >= 15 is 0 Å².